The number of hydrogen-bond acceptors (Lipinski definition) is 3. The highest BCUT2D eigenvalue weighted by Crippen LogP contribution is 2.30. The smallest absolute Gasteiger partial charge is 0.224 e. The van der Waals surface area contributed by atoms with Crippen molar-refractivity contribution < 1.29 is 4.79 Å². The van der Waals surface area contributed by atoms with Gasteiger partial charge in [0.05, 0.1) is 22.8 Å². The van der Waals surface area contributed by atoms with E-state index in [9.17, 15) is 4.79 Å². The third-order valence-electron chi connectivity index (χ3n) is 5.56. The van der Waals surface area contributed by atoms with Crippen LogP contribution in [0.25, 0.3) is 5.69 Å². The standard InChI is InChI=1S/C20H24Cl2N4O/c1-12-17(10-20(27)23-15-7-8-25(11-15)16-4-5-16)13(2)26(24-12)19-6-3-14(21)9-18(19)22/h3,6,9,15-16H,4-5,7-8,10-11H2,1-2H3,(H,23,27). The third kappa shape index (κ3) is 4.00. The lowest BCUT2D eigenvalue weighted by Crippen LogP contribution is -2.38. The number of carbonyl (C=O) groups excluding carboxylic acids is 1. The van der Waals surface area contributed by atoms with Crippen LogP contribution in [0.2, 0.25) is 10.0 Å². The van der Waals surface area contributed by atoms with Gasteiger partial charge in [0.1, 0.15) is 0 Å². The topological polar surface area (TPSA) is 50.2 Å². The Bertz CT molecular complexity index is 875. The minimum absolute atomic E-state index is 0.0607. The molecule has 27 heavy (non-hydrogen) atoms. The number of halogens is 2. The molecule has 0 bridgehead atoms. The molecule has 1 saturated carbocycles. The Kier molecular flexibility index (Phi) is 5.19. The van der Waals surface area contributed by atoms with Crippen molar-refractivity contribution in [2.45, 2.75) is 51.6 Å². The summed E-state index contributed by atoms with van der Waals surface area (Å²) >= 11 is 12.3. The molecule has 4 rings (SSSR count). The number of aromatic nitrogens is 2. The average molecular weight is 407 g/mol. The van der Waals surface area contributed by atoms with Crippen molar-refractivity contribution in [2.75, 3.05) is 13.1 Å². The first kappa shape index (κ1) is 18.8. The SMILES string of the molecule is Cc1nn(-c2ccc(Cl)cc2Cl)c(C)c1CC(=O)NC1CCN(C2CC2)C1. The Hall–Kier alpha value is -1.56. The van der Waals surface area contributed by atoms with Crippen LogP contribution in [0.5, 0.6) is 0 Å². The number of hydrogen-bond donors (Lipinski definition) is 1. The van der Waals surface area contributed by atoms with E-state index >= 15 is 0 Å². The molecule has 1 saturated heterocycles. The van der Waals surface area contributed by atoms with Gasteiger partial charge in [-0.3, -0.25) is 9.69 Å². The quantitative estimate of drug-likeness (QED) is 0.823. The summed E-state index contributed by atoms with van der Waals surface area (Å²) in [5.74, 6) is 0.0607. The predicted octanol–water partition coefficient (Wildman–Crippen LogP) is 3.69. The van der Waals surface area contributed by atoms with Crippen molar-refractivity contribution in [2.24, 2.45) is 0 Å². The first-order chi connectivity index (χ1) is 12.9. The first-order valence-corrected chi connectivity index (χ1v) is 10.2. The highest BCUT2D eigenvalue weighted by molar-refractivity contribution is 6.35. The number of amides is 1. The molecule has 0 spiro atoms. The van der Waals surface area contributed by atoms with Crippen LogP contribution in [0.15, 0.2) is 18.2 Å². The molecule has 1 unspecified atom stereocenters. The normalized spacial score (nSPS) is 20.2. The van der Waals surface area contributed by atoms with Gasteiger partial charge in [0.25, 0.3) is 0 Å². The van der Waals surface area contributed by atoms with Gasteiger partial charge in [-0.2, -0.15) is 5.10 Å². The van der Waals surface area contributed by atoms with Gasteiger partial charge in [-0.1, -0.05) is 23.2 Å². The molecule has 1 aromatic carbocycles. The molecule has 1 N–H and O–H groups in total. The average Bonchev–Trinajstić information content (AvgIpc) is 3.31. The van der Waals surface area contributed by atoms with Gasteiger partial charge in [-0.05, 0) is 51.3 Å². The minimum Gasteiger partial charge on any atom is -0.352 e. The molecule has 1 atom stereocenters. The fourth-order valence-electron chi connectivity index (χ4n) is 3.93. The Morgan fingerprint density at radius 2 is 2.04 bits per heavy atom. The number of nitrogens with zero attached hydrogens (tertiary/aromatic N) is 3. The number of carbonyl (C=O) groups is 1. The van der Waals surface area contributed by atoms with Gasteiger partial charge < -0.3 is 5.32 Å². The van der Waals surface area contributed by atoms with E-state index in [0.717, 1.165) is 48.2 Å². The highest BCUT2D eigenvalue weighted by atomic mass is 35.5. The molecular weight excluding hydrogens is 383 g/mol. The van der Waals surface area contributed by atoms with Gasteiger partial charge in [-0.15, -0.1) is 0 Å². The van der Waals surface area contributed by atoms with Gasteiger partial charge in [-0.25, -0.2) is 4.68 Å². The lowest BCUT2D eigenvalue weighted by Gasteiger charge is -2.16. The van der Waals surface area contributed by atoms with E-state index in [1.807, 2.05) is 19.9 Å². The van der Waals surface area contributed by atoms with Crippen molar-refractivity contribution in [3.05, 3.63) is 45.2 Å². The van der Waals surface area contributed by atoms with Crippen LogP contribution in [0.3, 0.4) is 0 Å². The second kappa shape index (κ2) is 7.46. The van der Waals surface area contributed by atoms with E-state index in [0.29, 0.717) is 16.5 Å². The molecule has 5 nitrogen and oxygen atoms in total. The van der Waals surface area contributed by atoms with E-state index < -0.39 is 0 Å². The highest BCUT2D eigenvalue weighted by Gasteiger charge is 2.34. The molecule has 1 aromatic heterocycles. The maximum atomic E-state index is 12.6. The predicted molar refractivity (Wildman–Crippen MR) is 108 cm³/mol. The monoisotopic (exact) mass is 406 g/mol. The molecule has 1 aliphatic heterocycles. The summed E-state index contributed by atoms with van der Waals surface area (Å²) in [4.78, 5) is 15.1. The number of benzene rings is 1. The molecule has 144 valence electrons. The Morgan fingerprint density at radius 1 is 1.26 bits per heavy atom. The Labute approximate surface area is 169 Å². The maximum Gasteiger partial charge on any atom is 0.224 e. The molecule has 1 amide bonds. The van der Waals surface area contributed by atoms with E-state index in [4.69, 9.17) is 23.2 Å². The number of rotatable bonds is 5. The fourth-order valence-corrected chi connectivity index (χ4v) is 4.42. The van der Waals surface area contributed by atoms with Crippen LogP contribution < -0.4 is 5.32 Å². The summed E-state index contributed by atoms with van der Waals surface area (Å²) in [7, 11) is 0. The van der Waals surface area contributed by atoms with E-state index in [1.54, 1.807) is 16.8 Å². The molecule has 1 aliphatic carbocycles. The molecule has 2 fully saturated rings. The lowest BCUT2D eigenvalue weighted by molar-refractivity contribution is -0.121. The fraction of sp³-hybridized carbons (Fsp3) is 0.500. The summed E-state index contributed by atoms with van der Waals surface area (Å²) in [5, 5.41) is 8.92. The zero-order valence-corrected chi connectivity index (χ0v) is 17.1. The van der Waals surface area contributed by atoms with E-state index in [-0.39, 0.29) is 11.9 Å². The molecule has 2 aromatic rings. The summed E-state index contributed by atoms with van der Waals surface area (Å²) < 4.78 is 1.79. The van der Waals surface area contributed by atoms with Crippen molar-refractivity contribution in [1.29, 1.82) is 0 Å². The second-order valence-electron chi connectivity index (χ2n) is 7.61. The molecule has 2 heterocycles. The summed E-state index contributed by atoms with van der Waals surface area (Å²) in [6.45, 7) is 5.98. The number of aryl methyl sites for hydroxylation is 1. The third-order valence-corrected chi connectivity index (χ3v) is 6.10. The number of nitrogens with one attached hydrogen (secondary N) is 1. The summed E-state index contributed by atoms with van der Waals surface area (Å²) in [6, 6.07) is 6.36. The minimum atomic E-state index is 0.0607. The van der Waals surface area contributed by atoms with E-state index in [1.165, 1.54) is 12.8 Å². The van der Waals surface area contributed by atoms with Crippen LogP contribution >= 0.6 is 23.2 Å². The summed E-state index contributed by atoms with van der Waals surface area (Å²) in [6.07, 6.45) is 4.00. The first-order valence-electron chi connectivity index (χ1n) is 9.46. The Balaban J connectivity index is 1.46. The van der Waals surface area contributed by atoms with Gasteiger partial charge >= 0.3 is 0 Å². The van der Waals surface area contributed by atoms with Crippen LogP contribution in [0.1, 0.15) is 36.2 Å². The van der Waals surface area contributed by atoms with Crippen LogP contribution in [0, 0.1) is 13.8 Å². The van der Waals surface area contributed by atoms with E-state index in [2.05, 4.69) is 15.3 Å². The van der Waals surface area contributed by atoms with Gasteiger partial charge in [0, 0.05) is 41.5 Å². The molecule has 0 radical (unpaired) electrons. The van der Waals surface area contributed by atoms with Crippen molar-refractivity contribution in [1.82, 2.24) is 20.0 Å². The number of likely N-dealkylation sites (tertiary alicyclic amines) is 1. The van der Waals surface area contributed by atoms with Crippen molar-refractivity contribution in [3.8, 4) is 5.69 Å². The summed E-state index contributed by atoms with van der Waals surface area (Å²) in [5.41, 5.74) is 3.50. The van der Waals surface area contributed by atoms with Crippen LogP contribution in [-0.4, -0.2) is 45.8 Å². The molecular formula is C20H24Cl2N4O. The maximum absolute atomic E-state index is 12.6. The molecule has 2 aliphatic rings. The van der Waals surface area contributed by atoms with Crippen molar-refractivity contribution in [3.63, 3.8) is 0 Å². The van der Waals surface area contributed by atoms with Gasteiger partial charge in [0.2, 0.25) is 5.91 Å². The Morgan fingerprint density at radius 3 is 2.74 bits per heavy atom. The molecule has 7 heteroatoms. The zero-order valence-electron chi connectivity index (χ0n) is 15.6. The van der Waals surface area contributed by atoms with Crippen LogP contribution in [-0.2, 0) is 11.2 Å². The second-order valence-corrected chi connectivity index (χ2v) is 8.46. The van der Waals surface area contributed by atoms with Crippen LogP contribution in [0.4, 0.5) is 0 Å². The van der Waals surface area contributed by atoms with Gasteiger partial charge in [0.15, 0.2) is 0 Å². The lowest BCUT2D eigenvalue weighted by atomic mass is 10.1. The van der Waals surface area contributed by atoms with Crippen molar-refractivity contribution >= 4 is 29.1 Å². The largest absolute Gasteiger partial charge is 0.352 e. The zero-order chi connectivity index (χ0) is 19.1.